The molecule has 27 heavy (non-hydrogen) atoms. The third kappa shape index (κ3) is 4.15. The molecule has 1 unspecified atom stereocenters. The molecule has 2 aromatic rings. The van der Waals surface area contributed by atoms with Gasteiger partial charge in [-0.3, -0.25) is 0 Å². The first kappa shape index (κ1) is 19.4. The standard InChI is InChI=1S/C18H15F3O5S/c19-18(20,21)16-14(17(22)23)9-12-8-13(6-7-15(12)26-16)27(24,25)10-11-4-2-1-3-5-11/h1-9,16-17,22-23H,10H2. The Kier molecular flexibility index (Phi) is 5.02. The molecule has 2 N–H and O–H groups in total. The van der Waals surface area contributed by atoms with E-state index in [0.29, 0.717) is 5.56 Å². The van der Waals surface area contributed by atoms with E-state index in [1.54, 1.807) is 30.3 Å². The minimum atomic E-state index is -4.86. The lowest BCUT2D eigenvalue weighted by Gasteiger charge is -2.29. The zero-order chi connectivity index (χ0) is 19.8. The molecule has 0 aromatic heterocycles. The Hall–Kier alpha value is -2.36. The highest BCUT2D eigenvalue weighted by Crippen LogP contribution is 2.39. The molecule has 1 aliphatic heterocycles. The molecule has 0 spiro atoms. The van der Waals surface area contributed by atoms with Crippen LogP contribution in [0.5, 0.6) is 5.75 Å². The first-order valence-electron chi connectivity index (χ1n) is 7.79. The smallest absolute Gasteiger partial charge is 0.429 e. The first-order chi connectivity index (χ1) is 12.6. The van der Waals surface area contributed by atoms with Crippen molar-refractivity contribution >= 4 is 15.9 Å². The van der Waals surface area contributed by atoms with E-state index in [0.717, 1.165) is 18.2 Å². The van der Waals surface area contributed by atoms with Gasteiger partial charge in [0, 0.05) is 11.1 Å². The molecule has 0 saturated heterocycles. The molecule has 0 amide bonds. The fraction of sp³-hybridized carbons (Fsp3) is 0.222. The second kappa shape index (κ2) is 6.99. The van der Waals surface area contributed by atoms with Crippen molar-refractivity contribution in [2.45, 2.75) is 29.2 Å². The maximum Gasteiger partial charge on any atom is 0.429 e. The van der Waals surface area contributed by atoms with Crippen LogP contribution in [0.1, 0.15) is 11.1 Å². The van der Waals surface area contributed by atoms with Crippen molar-refractivity contribution in [3.05, 3.63) is 65.2 Å². The van der Waals surface area contributed by atoms with Gasteiger partial charge in [0.2, 0.25) is 6.10 Å². The number of hydrogen-bond donors (Lipinski definition) is 2. The SMILES string of the molecule is O=S(=O)(Cc1ccccc1)c1ccc2c(c1)C=C(C(O)O)C(C(F)(F)F)O2. The number of fused-ring (bicyclic) bond motifs is 1. The second-order valence-electron chi connectivity index (χ2n) is 6.00. The summed E-state index contributed by atoms with van der Waals surface area (Å²) in [5.41, 5.74) is -0.231. The van der Waals surface area contributed by atoms with Crippen molar-refractivity contribution < 1.29 is 36.5 Å². The summed E-state index contributed by atoms with van der Waals surface area (Å²) in [4.78, 5) is -0.109. The average molecular weight is 400 g/mol. The van der Waals surface area contributed by atoms with E-state index in [2.05, 4.69) is 0 Å². The highest BCUT2D eigenvalue weighted by atomic mass is 32.2. The Morgan fingerprint density at radius 1 is 1.07 bits per heavy atom. The Morgan fingerprint density at radius 2 is 1.74 bits per heavy atom. The van der Waals surface area contributed by atoms with E-state index in [1.807, 2.05) is 0 Å². The van der Waals surface area contributed by atoms with Gasteiger partial charge in [-0.25, -0.2) is 8.42 Å². The van der Waals surface area contributed by atoms with Crippen molar-refractivity contribution in [1.29, 1.82) is 0 Å². The minimum absolute atomic E-state index is 0.0211. The summed E-state index contributed by atoms with van der Waals surface area (Å²) in [6.45, 7) is 0. The number of ether oxygens (including phenoxy) is 1. The molecule has 0 fully saturated rings. The van der Waals surface area contributed by atoms with Gasteiger partial charge in [0.1, 0.15) is 5.75 Å². The molecule has 2 aromatic carbocycles. The number of aliphatic hydroxyl groups excluding tert-OH is 1. The average Bonchev–Trinajstić information content (AvgIpc) is 2.59. The van der Waals surface area contributed by atoms with Crippen LogP contribution < -0.4 is 4.74 Å². The lowest BCUT2D eigenvalue weighted by Crippen LogP contribution is -2.41. The molecule has 5 nitrogen and oxygen atoms in total. The highest BCUT2D eigenvalue weighted by Gasteiger charge is 2.47. The number of sulfone groups is 1. The van der Waals surface area contributed by atoms with Crippen LogP contribution in [0.15, 0.2) is 59.0 Å². The van der Waals surface area contributed by atoms with Gasteiger partial charge in [-0.05, 0) is 29.8 Å². The molecule has 1 heterocycles. The predicted molar refractivity (Wildman–Crippen MR) is 90.4 cm³/mol. The van der Waals surface area contributed by atoms with Gasteiger partial charge < -0.3 is 14.9 Å². The Balaban J connectivity index is 1.99. The Labute approximate surface area is 153 Å². The van der Waals surface area contributed by atoms with Crippen molar-refractivity contribution in [2.24, 2.45) is 0 Å². The van der Waals surface area contributed by atoms with Gasteiger partial charge in [0.15, 0.2) is 16.1 Å². The summed E-state index contributed by atoms with van der Waals surface area (Å²) in [6.07, 6.45) is -8.87. The van der Waals surface area contributed by atoms with Crippen LogP contribution in [-0.4, -0.2) is 37.2 Å². The van der Waals surface area contributed by atoms with Crippen molar-refractivity contribution in [2.75, 3.05) is 0 Å². The monoisotopic (exact) mass is 400 g/mol. The van der Waals surface area contributed by atoms with Crippen LogP contribution in [-0.2, 0) is 15.6 Å². The number of halogens is 3. The summed E-state index contributed by atoms with van der Waals surface area (Å²) in [5, 5.41) is 18.5. The number of aliphatic hydroxyl groups is 2. The molecular formula is C18H15F3O5S. The maximum atomic E-state index is 13.1. The van der Waals surface area contributed by atoms with Gasteiger partial charge >= 0.3 is 6.18 Å². The van der Waals surface area contributed by atoms with E-state index < -0.39 is 34.0 Å². The molecule has 1 atom stereocenters. The van der Waals surface area contributed by atoms with Gasteiger partial charge in [0.05, 0.1) is 10.6 Å². The quantitative estimate of drug-likeness (QED) is 0.771. The van der Waals surface area contributed by atoms with Crippen LogP contribution in [0.2, 0.25) is 0 Å². The van der Waals surface area contributed by atoms with Crippen LogP contribution in [0.4, 0.5) is 13.2 Å². The van der Waals surface area contributed by atoms with Crippen molar-refractivity contribution in [3.8, 4) is 5.75 Å². The molecular weight excluding hydrogens is 385 g/mol. The first-order valence-corrected chi connectivity index (χ1v) is 9.45. The van der Waals surface area contributed by atoms with E-state index in [-0.39, 0.29) is 22.0 Å². The third-order valence-electron chi connectivity index (χ3n) is 4.01. The molecule has 144 valence electrons. The molecule has 0 radical (unpaired) electrons. The normalized spacial score (nSPS) is 17.3. The topological polar surface area (TPSA) is 83.8 Å². The van der Waals surface area contributed by atoms with Gasteiger partial charge in [-0.1, -0.05) is 30.3 Å². The molecule has 3 rings (SSSR count). The van der Waals surface area contributed by atoms with Crippen LogP contribution in [0, 0.1) is 0 Å². The van der Waals surface area contributed by atoms with Gasteiger partial charge in [-0.15, -0.1) is 0 Å². The summed E-state index contributed by atoms with van der Waals surface area (Å²) in [7, 11) is -3.76. The summed E-state index contributed by atoms with van der Waals surface area (Å²) >= 11 is 0. The van der Waals surface area contributed by atoms with E-state index >= 15 is 0 Å². The van der Waals surface area contributed by atoms with E-state index in [1.165, 1.54) is 6.07 Å². The minimum Gasteiger partial charge on any atom is -0.476 e. The maximum absolute atomic E-state index is 13.1. The third-order valence-corrected chi connectivity index (χ3v) is 5.69. The molecule has 0 aliphatic carbocycles. The fourth-order valence-electron chi connectivity index (χ4n) is 2.73. The molecule has 0 bridgehead atoms. The van der Waals surface area contributed by atoms with Crippen LogP contribution in [0.3, 0.4) is 0 Å². The van der Waals surface area contributed by atoms with E-state index in [9.17, 15) is 31.8 Å². The van der Waals surface area contributed by atoms with Gasteiger partial charge in [0.25, 0.3) is 0 Å². The van der Waals surface area contributed by atoms with Crippen LogP contribution >= 0.6 is 0 Å². The largest absolute Gasteiger partial charge is 0.476 e. The number of hydrogen-bond acceptors (Lipinski definition) is 5. The zero-order valence-electron chi connectivity index (χ0n) is 13.7. The zero-order valence-corrected chi connectivity index (χ0v) is 14.5. The van der Waals surface area contributed by atoms with Crippen molar-refractivity contribution in [1.82, 2.24) is 0 Å². The molecule has 0 saturated carbocycles. The molecule has 9 heteroatoms. The fourth-order valence-corrected chi connectivity index (χ4v) is 4.11. The number of rotatable bonds is 4. The van der Waals surface area contributed by atoms with Crippen LogP contribution in [0.25, 0.3) is 6.08 Å². The second-order valence-corrected chi connectivity index (χ2v) is 7.99. The van der Waals surface area contributed by atoms with Crippen molar-refractivity contribution in [3.63, 3.8) is 0 Å². The Morgan fingerprint density at radius 3 is 2.33 bits per heavy atom. The molecule has 1 aliphatic rings. The summed E-state index contributed by atoms with van der Waals surface area (Å²) in [5.74, 6) is -0.474. The lowest BCUT2D eigenvalue weighted by molar-refractivity contribution is -0.192. The Bertz CT molecular complexity index is 966. The lowest BCUT2D eigenvalue weighted by atomic mass is 10.0. The number of alkyl halides is 3. The van der Waals surface area contributed by atoms with Gasteiger partial charge in [-0.2, -0.15) is 13.2 Å². The summed E-state index contributed by atoms with van der Waals surface area (Å²) < 4.78 is 69.2. The van der Waals surface area contributed by atoms with E-state index in [4.69, 9.17) is 4.74 Å². The summed E-state index contributed by atoms with van der Waals surface area (Å²) in [6, 6.07) is 11.9. The number of benzene rings is 2. The highest BCUT2D eigenvalue weighted by molar-refractivity contribution is 7.90. The predicted octanol–water partition coefficient (Wildman–Crippen LogP) is 2.68.